The largest absolute Gasteiger partial charge is 0.390 e. The van der Waals surface area contributed by atoms with Gasteiger partial charge in [-0.1, -0.05) is 6.08 Å². The fourth-order valence-corrected chi connectivity index (χ4v) is 0.243. The van der Waals surface area contributed by atoms with Crippen LogP contribution in [0.2, 0.25) is 0 Å². The lowest BCUT2D eigenvalue weighted by Gasteiger charge is -1.85. The van der Waals surface area contributed by atoms with Crippen molar-refractivity contribution in [3.63, 3.8) is 0 Å². The van der Waals surface area contributed by atoms with E-state index in [0.29, 0.717) is 0 Å². The number of aliphatic hydroxyl groups is 1. The molecule has 46 valence electrons. The lowest BCUT2D eigenvalue weighted by atomic mass is 10.5. The minimum Gasteiger partial charge on any atom is -0.390 e. The number of hydrogen-bond acceptors (Lipinski definition) is 2. The Morgan fingerprint density at radius 3 is 2.75 bits per heavy atom. The second kappa shape index (κ2) is 4.53. The molecule has 0 atom stereocenters. The van der Waals surface area contributed by atoms with E-state index >= 15 is 0 Å². The van der Waals surface area contributed by atoms with Crippen LogP contribution in [0, 0.1) is 0 Å². The molecule has 2 nitrogen and oxygen atoms in total. The number of allylic oxidation sites excluding steroid dienone is 1. The molecule has 0 rings (SSSR count). The van der Waals surface area contributed by atoms with E-state index in [2.05, 4.69) is 4.99 Å². The first-order valence-electron chi connectivity index (χ1n) is 2.56. The number of aliphatic imine (C=N–C) groups is 1. The molecule has 0 aromatic rings. The minimum absolute atomic E-state index is 0.0460. The van der Waals surface area contributed by atoms with Gasteiger partial charge in [-0.05, 0) is 13.8 Å². The number of hydrogen-bond donors (Lipinski definition) is 1. The van der Waals surface area contributed by atoms with Crippen LogP contribution in [0.25, 0.3) is 0 Å². The summed E-state index contributed by atoms with van der Waals surface area (Å²) in [5.74, 6) is 0. The van der Waals surface area contributed by atoms with Crippen molar-refractivity contribution >= 4 is 5.71 Å². The van der Waals surface area contributed by atoms with Crippen molar-refractivity contribution in [3.8, 4) is 0 Å². The van der Waals surface area contributed by atoms with Gasteiger partial charge in [0.25, 0.3) is 0 Å². The van der Waals surface area contributed by atoms with Gasteiger partial charge in [0.1, 0.15) is 0 Å². The second-order valence-corrected chi connectivity index (χ2v) is 1.50. The summed E-state index contributed by atoms with van der Waals surface area (Å²) >= 11 is 0. The van der Waals surface area contributed by atoms with Gasteiger partial charge in [0.15, 0.2) is 0 Å². The third-order valence-corrected chi connectivity index (χ3v) is 0.673. The average Bonchev–Trinajstić information content (AvgIpc) is 1.83. The van der Waals surface area contributed by atoms with Gasteiger partial charge in [0.05, 0.1) is 6.61 Å². The molecule has 0 bridgehead atoms. The average molecular weight is 113 g/mol. The van der Waals surface area contributed by atoms with Crippen molar-refractivity contribution in [2.75, 3.05) is 6.61 Å². The van der Waals surface area contributed by atoms with E-state index in [1.165, 1.54) is 0 Å². The molecule has 0 saturated carbocycles. The van der Waals surface area contributed by atoms with Crippen molar-refractivity contribution in [1.29, 1.82) is 0 Å². The second-order valence-electron chi connectivity index (χ2n) is 1.50. The first-order valence-corrected chi connectivity index (χ1v) is 2.56. The first-order chi connectivity index (χ1) is 3.81. The van der Waals surface area contributed by atoms with E-state index in [1.807, 2.05) is 13.0 Å². The van der Waals surface area contributed by atoms with E-state index in [1.54, 1.807) is 13.1 Å². The Labute approximate surface area is 49.6 Å². The van der Waals surface area contributed by atoms with Crippen LogP contribution >= 0.6 is 0 Å². The molecule has 0 aliphatic rings. The maximum absolute atomic E-state index is 8.40. The molecule has 1 N–H and O–H groups in total. The van der Waals surface area contributed by atoms with Gasteiger partial charge in [-0.2, -0.15) is 0 Å². The van der Waals surface area contributed by atoms with Crippen molar-refractivity contribution in [1.82, 2.24) is 0 Å². The Kier molecular flexibility index (Phi) is 4.17. The summed E-state index contributed by atoms with van der Waals surface area (Å²) in [6, 6.07) is 0. The summed E-state index contributed by atoms with van der Waals surface area (Å²) in [6.45, 7) is 3.71. The number of rotatable bonds is 2. The van der Waals surface area contributed by atoms with Crippen molar-refractivity contribution < 1.29 is 5.11 Å². The molecular formula is C6H11NO. The zero-order valence-electron chi connectivity index (χ0n) is 5.26. The molecule has 0 saturated heterocycles. The fraction of sp³-hybridized carbons (Fsp3) is 0.500. The first kappa shape index (κ1) is 7.37. The molecule has 0 fully saturated rings. The van der Waals surface area contributed by atoms with Gasteiger partial charge in [-0.3, -0.25) is 4.99 Å². The van der Waals surface area contributed by atoms with Crippen LogP contribution in [0.5, 0.6) is 0 Å². The summed E-state index contributed by atoms with van der Waals surface area (Å²) in [5, 5.41) is 8.40. The number of nitrogens with zero attached hydrogens (tertiary/aromatic N) is 1. The van der Waals surface area contributed by atoms with Gasteiger partial charge in [0, 0.05) is 11.9 Å². The standard InChI is InChI=1S/C6H11NO/c1-3-4-7-6(2)5-8/h3-4,8H,5H2,1-2H3/b4-3-,7-6?. The summed E-state index contributed by atoms with van der Waals surface area (Å²) in [5.41, 5.74) is 0.739. The molecule has 0 aromatic heterocycles. The summed E-state index contributed by atoms with van der Waals surface area (Å²) in [4.78, 5) is 3.85. The van der Waals surface area contributed by atoms with Crippen LogP contribution in [0.15, 0.2) is 17.3 Å². The van der Waals surface area contributed by atoms with Gasteiger partial charge in [0.2, 0.25) is 0 Å². The Morgan fingerprint density at radius 1 is 1.75 bits per heavy atom. The van der Waals surface area contributed by atoms with Crippen LogP contribution in [0.3, 0.4) is 0 Å². The Morgan fingerprint density at radius 2 is 2.38 bits per heavy atom. The van der Waals surface area contributed by atoms with Crippen LogP contribution in [0.4, 0.5) is 0 Å². The van der Waals surface area contributed by atoms with Crippen LogP contribution in [-0.2, 0) is 0 Å². The summed E-state index contributed by atoms with van der Waals surface area (Å²) in [7, 11) is 0. The molecule has 0 aliphatic heterocycles. The zero-order chi connectivity index (χ0) is 6.41. The van der Waals surface area contributed by atoms with E-state index in [0.717, 1.165) is 5.71 Å². The molecule has 0 aliphatic carbocycles. The fourth-order valence-electron chi connectivity index (χ4n) is 0.243. The van der Waals surface area contributed by atoms with Crippen LogP contribution in [0.1, 0.15) is 13.8 Å². The monoisotopic (exact) mass is 113 g/mol. The van der Waals surface area contributed by atoms with Crippen LogP contribution in [-0.4, -0.2) is 17.4 Å². The van der Waals surface area contributed by atoms with E-state index in [9.17, 15) is 0 Å². The third-order valence-electron chi connectivity index (χ3n) is 0.673. The molecule has 0 spiro atoms. The molecule has 2 heteroatoms. The summed E-state index contributed by atoms with van der Waals surface area (Å²) < 4.78 is 0. The highest BCUT2D eigenvalue weighted by Crippen LogP contribution is 1.77. The van der Waals surface area contributed by atoms with Gasteiger partial charge < -0.3 is 5.11 Å². The van der Waals surface area contributed by atoms with Gasteiger partial charge >= 0.3 is 0 Å². The summed E-state index contributed by atoms with van der Waals surface area (Å²) in [6.07, 6.45) is 3.48. The molecule has 0 aromatic carbocycles. The lowest BCUT2D eigenvalue weighted by Crippen LogP contribution is -1.95. The van der Waals surface area contributed by atoms with Gasteiger partial charge in [-0.25, -0.2) is 0 Å². The Balaban J connectivity index is 3.57. The van der Waals surface area contributed by atoms with Gasteiger partial charge in [-0.15, -0.1) is 0 Å². The van der Waals surface area contributed by atoms with E-state index in [4.69, 9.17) is 5.11 Å². The number of aliphatic hydroxyl groups excluding tert-OH is 1. The van der Waals surface area contributed by atoms with E-state index < -0.39 is 0 Å². The molecule has 0 unspecified atom stereocenters. The predicted octanol–water partition coefficient (Wildman–Crippen LogP) is 0.973. The van der Waals surface area contributed by atoms with E-state index in [-0.39, 0.29) is 6.61 Å². The molecule has 0 amide bonds. The quantitative estimate of drug-likeness (QED) is 0.532. The van der Waals surface area contributed by atoms with Crippen molar-refractivity contribution in [2.24, 2.45) is 4.99 Å². The highest BCUT2D eigenvalue weighted by atomic mass is 16.3. The maximum atomic E-state index is 8.40. The Bertz CT molecular complexity index is 105. The van der Waals surface area contributed by atoms with Crippen molar-refractivity contribution in [3.05, 3.63) is 12.3 Å². The van der Waals surface area contributed by atoms with Crippen molar-refractivity contribution in [2.45, 2.75) is 13.8 Å². The smallest absolute Gasteiger partial charge is 0.0810 e. The zero-order valence-corrected chi connectivity index (χ0v) is 5.26. The highest BCUT2D eigenvalue weighted by Gasteiger charge is 1.78. The lowest BCUT2D eigenvalue weighted by molar-refractivity contribution is 0.357. The molecule has 8 heavy (non-hydrogen) atoms. The molecular weight excluding hydrogens is 102 g/mol. The minimum atomic E-state index is 0.0460. The normalized spacial score (nSPS) is 13.1. The Hall–Kier alpha value is -0.630. The third kappa shape index (κ3) is 3.56. The molecule has 0 heterocycles. The maximum Gasteiger partial charge on any atom is 0.0810 e. The molecule has 0 radical (unpaired) electrons. The highest BCUT2D eigenvalue weighted by molar-refractivity contribution is 5.83. The predicted molar refractivity (Wildman–Crippen MR) is 35.0 cm³/mol. The van der Waals surface area contributed by atoms with Crippen LogP contribution < -0.4 is 0 Å². The topological polar surface area (TPSA) is 32.6 Å². The SMILES string of the molecule is C/C=C\N=C(C)CO.